The fourth-order valence-corrected chi connectivity index (χ4v) is 1.97. The normalized spacial score (nSPS) is 30.3. The van der Waals surface area contributed by atoms with Gasteiger partial charge in [0.15, 0.2) is 23.9 Å². The van der Waals surface area contributed by atoms with Gasteiger partial charge in [-0.05, 0) is 0 Å². The molecule has 1 aliphatic rings. The highest BCUT2D eigenvalue weighted by molar-refractivity contribution is 6.20. The van der Waals surface area contributed by atoms with Gasteiger partial charge in [-0.25, -0.2) is 0 Å². The first-order valence-corrected chi connectivity index (χ1v) is 6.02. The van der Waals surface area contributed by atoms with Crippen molar-refractivity contribution in [2.75, 3.05) is 6.61 Å². The van der Waals surface area contributed by atoms with E-state index in [4.69, 9.17) is 30.5 Å². The third-order valence-corrected chi connectivity index (χ3v) is 2.66. The molecule has 1 aliphatic heterocycles. The number of halogens is 1. The Morgan fingerprint density at radius 2 is 1.42 bits per heavy atom. The minimum atomic E-state index is -1.04. The molecule has 0 aliphatic carbocycles. The van der Waals surface area contributed by atoms with Crippen molar-refractivity contribution in [1.29, 1.82) is 0 Å². The summed E-state index contributed by atoms with van der Waals surface area (Å²) in [7, 11) is 0. The van der Waals surface area contributed by atoms with Crippen molar-refractivity contribution in [3.05, 3.63) is 0 Å². The van der Waals surface area contributed by atoms with Gasteiger partial charge in [0, 0.05) is 20.8 Å². The lowest BCUT2D eigenvalue weighted by Gasteiger charge is -2.38. The van der Waals surface area contributed by atoms with E-state index in [0.717, 1.165) is 0 Å². The van der Waals surface area contributed by atoms with Gasteiger partial charge in [-0.3, -0.25) is 14.4 Å². The van der Waals surface area contributed by atoms with Crippen molar-refractivity contribution in [2.45, 2.75) is 44.6 Å². The fourth-order valence-electron chi connectivity index (χ4n) is 1.70. The standard InChI is InChI=1S/C11H15ClO7/c1-5(13)17-8-4-16-11(12)10(19-7(3)15)9(8)18-6(2)14/h8-11H,4H2,1-3H3/t8-,9+,10-,11-/m1/s1. The molecule has 7 nitrogen and oxygen atoms in total. The minimum Gasteiger partial charge on any atom is -0.456 e. The van der Waals surface area contributed by atoms with Crippen LogP contribution in [0.4, 0.5) is 0 Å². The highest BCUT2D eigenvalue weighted by atomic mass is 35.5. The van der Waals surface area contributed by atoms with Crippen LogP contribution in [0.25, 0.3) is 0 Å². The molecule has 19 heavy (non-hydrogen) atoms. The van der Waals surface area contributed by atoms with Gasteiger partial charge in [0.2, 0.25) is 0 Å². The summed E-state index contributed by atoms with van der Waals surface area (Å²) in [6.45, 7) is 3.53. The summed E-state index contributed by atoms with van der Waals surface area (Å²) in [6, 6.07) is 0. The monoisotopic (exact) mass is 294 g/mol. The van der Waals surface area contributed by atoms with Crippen LogP contribution in [0.15, 0.2) is 0 Å². The molecule has 0 unspecified atom stereocenters. The second-order valence-electron chi connectivity index (χ2n) is 3.98. The van der Waals surface area contributed by atoms with Crippen LogP contribution in [-0.4, -0.2) is 48.4 Å². The van der Waals surface area contributed by atoms with Crippen LogP contribution in [0.2, 0.25) is 0 Å². The first-order chi connectivity index (χ1) is 8.81. The van der Waals surface area contributed by atoms with E-state index in [1.54, 1.807) is 0 Å². The van der Waals surface area contributed by atoms with Gasteiger partial charge >= 0.3 is 17.9 Å². The van der Waals surface area contributed by atoms with E-state index < -0.39 is 41.8 Å². The number of esters is 3. The molecule has 0 saturated carbocycles. The Balaban J connectivity index is 2.89. The molecule has 1 fully saturated rings. The summed E-state index contributed by atoms with van der Waals surface area (Å²) in [5.41, 5.74) is -0.986. The Labute approximate surface area is 115 Å². The van der Waals surface area contributed by atoms with Crippen LogP contribution in [-0.2, 0) is 33.3 Å². The van der Waals surface area contributed by atoms with Gasteiger partial charge in [0.05, 0.1) is 6.61 Å². The Kier molecular flexibility index (Phi) is 5.56. The van der Waals surface area contributed by atoms with Gasteiger partial charge in [0.1, 0.15) is 0 Å². The average Bonchev–Trinajstić information content (AvgIpc) is 2.25. The molecular weight excluding hydrogens is 280 g/mol. The molecule has 8 heteroatoms. The Hall–Kier alpha value is -1.34. The summed E-state index contributed by atoms with van der Waals surface area (Å²) in [4.78, 5) is 33.1. The van der Waals surface area contributed by atoms with Crippen molar-refractivity contribution in [2.24, 2.45) is 0 Å². The molecule has 1 rings (SSSR count). The third kappa shape index (κ3) is 4.68. The average molecular weight is 295 g/mol. The second-order valence-corrected chi connectivity index (χ2v) is 4.41. The molecule has 0 bridgehead atoms. The van der Waals surface area contributed by atoms with Crippen molar-refractivity contribution >= 4 is 29.5 Å². The first kappa shape index (κ1) is 15.7. The molecule has 0 radical (unpaired) electrons. The molecule has 0 amide bonds. The van der Waals surface area contributed by atoms with Crippen molar-refractivity contribution < 1.29 is 33.3 Å². The Morgan fingerprint density at radius 3 is 1.89 bits per heavy atom. The number of alkyl halides is 1. The van der Waals surface area contributed by atoms with Gasteiger partial charge in [-0.15, -0.1) is 0 Å². The Bertz CT molecular complexity index is 370. The topological polar surface area (TPSA) is 88.1 Å². The molecule has 0 aromatic rings. The second kappa shape index (κ2) is 6.72. The lowest BCUT2D eigenvalue weighted by atomic mass is 10.1. The maximum atomic E-state index is 11.1. The van der Waals surface area contributed by atoms with Crippen molar-refractivity contribution in [3.8, 4) is 0 Å². The van der Waals surface area contributed by atoms with Crippen LogP contribution in [0.5, 0.6) is 0 Å². The van der Waals surface area contributed by atoms with E-state index in [2.05, 4.69) is 0 Å². The lowest BCUT2D eigenvalue weighted by molar-refractivity contribution is -0.214. The van der Waals surface area contributed by atoms with Crippen LogP contribution < -0.4 is 0 Å². The predicted molar refractivity (Wildman–Crippen MR) is 62.3 cm³/mol. The van der Waals surface area contributed by atoms with E-state index in [0.29, 0.717) is 0 Å². The van der Waals surface area contributed by atoms with Gasteiger partial charge in [0.25, 0.3) is 0 Å². The van der Waals surface area contributed by atoms with E-state index in [-0.39, 0.29) is 6.61 Å². The fraction of sp³-hybridized carbons (Fsp3) is 0.727. The van der Waals surface area contributed by atoms with Gasteiger partial charge in [-0.2, -0.15) is 0 Å². The van der Waals surface area contributed by atoms with E-state index in [1.807, 2.05) is 0 Å². The molecular formula is C11H15ClO7. The summed E-state index contributed by atoms with van der Waals surface area (Å²) in [6.07, 6.45) is -2.91. The third-order valence-electron chi connectivity index (χ3n) is 2.29. The highest BCUT2D eigenvalue weighted by Gasteiger charge is 2.46. The molecule has 4 atom stereocenters. The van der Waals surface area contributed by atoms with Crippen LogP contribution in [0.1, 0.15) is 20.8 Å². The zero-order valence-electron chi connectivity index (χ0n) is 10.8. The largest absolute Gasteiger partial charge is 0.456 e. The summed E-state index contributed by atoms with van der Waals surface area (Å²) >= 11 is 5.88. The zero-order chi connectivity index (χ0) is 14.6. The number of rotatable bonds is 3. The lowest BCUT2D eigenvalue weighted by Crippen LogP contribution is -2.55. The number of carbonyl (C=O) groups excluding carboxylic acids is 3. The summed E-state index contributed by atoms with van der Waals surface area (Å²) in [5, 5.41) is 0. The molecule has 0 spiro atoms. The number of hydrogen-bond acceptors (Lipinski definition) is 7. The molecule has 108 valence electrons. The van der Waals surface area contributed by atoms with Crippen LogP contribution in [0, 0.1) is 0 Å². The number of carbonyl (C=O) groups is 3. The van der Waals surface area contributed by atoms with Crippen molar-refractivity contribution in [1.82, 2.24) is 0 Å². The van der Waals surface area contributed by atoms with Crippen LogP contribution in [0.3, 0.4) is 0 Å². The summed E-state index contributed by atoms with van der Waals surface area (Å²) < 4.78 is 20.1. The van der Waals surface area contributed by atoms with Crippen LogP contribution >= 0.6 is 11.6 Å². The quantitative estimate of drug-likeness (QED) is 0.422. The van der Waals surface area contributed by atoms with E-state index in [9.17, 15) is 14.4 Å². The maximum absolute atomic E-state index is 11.1. The van der Waals surface area contributed by atoms with E-state index in [1.165, 1.54) is 20.8 Å². The first-order valence-electron chi connectivity index (χ1n) is 5.58. The maximum Gasteiger partial charge on any atom is 0.303 e. The zero-order valence-corrected chi connectivity index (χ0v) is 11.5. The molecule has 0 N–H and O–H groups in total. The number of hydrogen-bond donors (Lipinski definition) is 0. The van der Waals surface area contributed by atoms with Gasteiger partial charge in [-0.1, -0.05) is 11.6 Å². The van der Waals surface area contributed by atoms with Gasteiger partial charge < -0.3 is 18.9 Å². The summed E-state index contributed by atoms with van der Waals surface area (Å²) in [5.74, 6) is -1.79. The van der Waals surface area contributed by atoms with Crippen molar-refractivity contribution in [3.63, 3.8) is 0 Å². The van der Waals surface area contributed by atoms with E-state index >= 15 is 0 Å². The molecule has 0 aromatic carbocycles. The minimum absolute atomic E-state index is 0.0521. The number of ether oxygens (including phenoxy) is 4. The molecule has 0 aromatic heterocycles. The highest BCUT2D eigenvalue weighted by Crippen LogP contribution is 2.26. The molecule has 1 saturated heterocycles. The Morgan fingerprint density at radius 1 is 0.947 bits per heavy atom. The smallest absolute Gasteiger partial charge is 0.303 e. The molecule has 1 heterocycles. The predicted octanol–water partition coefficient (Wildman–Crippen LogP) is 0.377. The SMILES string of the molecule is CC(=O)O[C@@H]1[C@@H](OC(C)=O)[C@H](OC(C)=O)CO[C@H]1Cl.